The molecule has 0 amide bonds. The predicted molar refractivity (Wildman–Crippen MR) is 202 cm³/mol. The van der Waals surface area contributed by atoms with Crippen LogP contribution in [-0.4, -0.2) is 124 Å². The van der Waals surface area contributed by atoms with Crippen molar-refractivity contribution < 1.29 is 71.5 Å². The van der Waals surface area contributed by atoms with Crippen LogP contribution >= 0.6 is 0 Å². The van der Waals surface area contributed by atoms with E-state index in [0.29, 0.717) is 25.7 Å². The summed E-state index contributed by atoms with van der Waals surface area (Å²) in [7, 11) is -5.00. The molecule has 0 aromatic rings. The number of hydrogen-bond acceptors (Lipinski definition) is 14. The van der Waals surface area contributed by atoms with Gasteiger partial charge in [-0.05, 0) is 97.2 Å². The molecule has 2 aliphatic heterocycles. The Kier molecular flexibility index (Phi) is 11.3. The number of esters is 1. The van der Waals surface area contributed by atoms with Crippen molar-refractivity contribution in [3.63, 3.8) is 0 Å². The molecule has 324 valence electrons. The van der Waals surface area contributed by atoms with Crippen molar-refractivity contribution >= 4 is 16.4 Å². The molecule has 7 N–H and O–H groups in total. The molecule has 7 rings (SSSR count). The van der Waals surface area contributed by atoms with Crippen molar-refractivity contribution in [2.24, 2.45) is 50.7 Å². The van der Waals surface area contributed by atoms with Gasteiger partial charge in [-0.2, -0.15) is 8.42 Å². The third-order valence-electron chi connectivity index (χ3n) is 16.9. The van der Waals surface area contributed by atoms with Gasteiger partial charge in [0.05, 0.1) is 24.7 Å². The Bertz CT molecular complexity index is 1720. The van der Waals surface area contributed by atoms with Gasteiger partial charge in [0.2, 0.25) is 6.29 Å². The molecule has 2 saturated heterocycles. The lowest BCUT2D eigenvalue weighted by atomic mass is 9.33. The van der Waals surface area contributed by atoms with Crippen molar-refractivity contribution in [2.75, 3.05) is 13.2 Å². The minimum absolute atomic E-state index is 0.137. The second kappa shape index (κ2) is 14.8. The lowest BCUT2D eigenvalue weighted by Gasteiger charge is -2.71. The van der Waals surface area contributed by atoms with Crippen LogP contribution in [0.25, 0.3) is 0 Å². The van der Waals surface area contributed by atoms with Crippen LogP contribution in [0.5, 0.6) is 0 Å². The maximum absolute atomic E-state index is 14.6. The van der Waals surface area contributed by atoms with Crippen LogP contribution in [0.4, 0.5) is 0 Å². The molecule has 0 spiro atoms. The van der Waals surface area contributed by atoms with Gasteiger partial charge in [0, 0.05) is 5.92 Å². The fourth-order valence-electron chi connectivity index (χ4n) is 13.3. The lowest BCUT2D eigenvalue weighted by Crippen LogP contribution is -2.66. The molecule has 2 heterocycles. The van der Waals surface area contributed by atoms with E-state index in [9.17, 15) is 48.4 Å². The Labute approximate surface area is 335 Å². The zero-order valence-corrected chi connectivity index (χ0v) is 34.8. The fourth-order valence-corrected chi connectivity index (χ4v) is 13.8. The highest BCUT2D eigenvalue weighted by Gasteiger charge is 2.70. The van der Waals surface area contributed by atoms with Crippen LogP contribution in [0.2, 0.25) is 0 Å². The summed E-state index contributed by atoms with van der Waals surface area (Å²) in [5.74, 6) is -0.255. The Morgan fingerprint density at radius 2 is 1.60 bits per heavy atom. The lowest BCUT2D eigenvalue weighted by molar-refractivity contribution is -0.304. The first-order chi connectivity index (χ1) is 26.5. The maximum Gasteiger partial charge on any atom is 0.397 e. The van der Waals surface area contributed by atoms with Crippen LogP contribution in [0.1, 0.15) is 99.3 Å². The van der Waals surface area contributed by atoms with Crippen LogP contribution < -0.4 is 0 Å². The van der Waals surface area contributed by atoms with Crippen molar-refractivity contribution in [3.05, 3.63) is 23.8 Å². The molecule has 57 heavy (non-hydrogen) atoms. The van der Waals surface area contributed by atoms with Crippen LogP contribution in [0.3, 0.4) is 0 Å². The Morgan fingerprint density at radius 3 is 2.26 bits per heavy atom. The Balaban J connectivity index is 1.16. The van der Waals surface area contributed by atoms with E-state index >= 15 is 0 Å². The van der Waals surface area contributed by atoms with Gasteiger partial charge in [-0.3, -0.25) is 9.35 Å². The smallest absolute Gasteiger partial charge is 0.397 e. The van der Waals surface area contributed by atoms with Crippen molar-refractivity contribution in [1.29, 1.82) is 0 Å². The molecular formula is C41H64O15S. The van der Waals surface area contributed by atoms with E-state index in [4.69, 9.17) is 23.1 Å². The molecule has 0 aromatic carbocycles. The summed E-state index contributed by atoms with van der Waals surface area (Å²) in [4.78, 5) is 14.6. The SMILES string of the molecule is C=C1C(C)CCC2(C(=O)OC3OC(CO)C(O)C(O)C3O)CCC3(C)C(=CCC4C5(C)CCC(OC6OCC(O)C(O)C6OS(=O)(=O)O)C(C)(C)C5CCC43C)C12. The van der Waals surface area contributed by atoms with E-state index < -0.39 is 95.2 Å². The normalized spacial score (nSPS) is 51.0. The number of carbonyl (C=O) groups is 1. The predicted octanol–water partition coefficient (Wildman–Crippen LogP) is 2.56. The highest BCUT2D eigenvalue weighted by atomic mass is 32.3. The molecule has 18 unspecified atom stereocenters. The van der Waals surface area contributed by atoms with E-state index in [1.54, 1.807) is 0 Å². The average molecular weight is 829 g/mol. The molecule has 15 nitrogen and oxygen atoms in total. The zero-order valence-electron chi connectivity index (χ0n) is 34.0. The second-order valence-electron chi connectivity index (χ2n) is 19.7. The number of ether oxygens (including phenoxy) is 4. The van der Waals surface area contributed by atoms with Gasteiger partial charge in [-0.25, -0.2) is 4.18 Å². The van der Waals surface area contributed by atoms with E-state index in [1.165, 1.54) is 5.57 Å². The number of rotatable bonds is 7. The molecule has 6 fully saturated rings. The molecule has 7 aliphatic rings. The molecule has 4 saturated carbocycles. The Hall–Kier alpha value is -1.54. The van der Waals surface area contributed by atoms with Crippen LogP contribution in [0, 0.1) is 50.7 Å². The molecule has 0 aromatic heterocycles. The molecule has 5 aliphatic carbocycles. The van der Waals surface area contributed by atoms with Gasteiger partial charge in [-0.15, -0.1) is 0 Å². The molecular weight excluding hydrogens is 765 g/mol. The van der Waals surface area contributed by atoms with Gasteiger partial charge < -0.3 is 49.6 Å². The first-order valence-corrected chi connectivity index (χ1v) is 22.0. The zero-order chi connectivity index (χ0) is 41.8. The Morgan fingerprint density at radius 1 is 0.895 bits per heavy atom. The number of aliphatic hydroxyl groups excluding tert-OH is 6. The number of aliphatic hydroxyl groups is 6. The average Bonchev–Trinajstić information content (AvgIpc) is 3.13. The number of carbonyl (C=O) groups excluding carboxylic acids is 1. The maximum atomic E-state index is 14.6. The third kappa shape index (κ3) is 6.71. The van der Waals surface area contributed by atoms with Gasteiger partial charge in [0.25, 0.3) is 0 Å². The number of hydrogen-bond donors (Lipinski definition) is 7. The summed E-state index contributed by atoms with van der Waals surface area (Å²) >= 11 is 0. The summed E-state index contributed by atoms with van der Waals surface area (Å²) in [6.07, 6.45) is -5.35. The molecule has 16 heteroatoms. The van der Waals surface area contributed by atoms with Crippen LogP contribution in [-0.2, 0) is 38.3 Å². The monoisotopic (exact) mass is 828 g/mol. The van der Waals surface area contributed by atoms with E-state index in [-0.39, 0.29) is 46.5 Å². The number of allylic oxidation sites excluding steroid dienone is 3. The molecule has 18 atom stereocenters. The molecule has 0 radical (unpaired) electrons. The summed E-state index contributed by atoms with van der Waals surface area (Å²) in [5.41, 5.74) is 0.166. The largest absolute Gasteiger partial charge is 0.432 e. The fraction of sp³-hybridized carbons (Fsp3) is 0.878. The topological polar surface area (TPSA) is 239 Å². The van der Waals surface area contributed by atoms with Gasteiger partial charge in [0.15, 0.2) is 12.4 Å². The van der Waals surface area contributed by atoms with Gasteiger partial charge >= 0.3 is 16.4 Å². The minimum Gasteiger partial charge on any atom is -0.432 e. The highest BCUT2D eigenvalue weighted by Crippen LogP contribution is 2.76. The van der Waals surface area contributed by atoms with Gasteiger partial charge in [-0.1, -0.05) is 65.3 Å². The summed E-state index contributed by atoms with van der Waals surface area (Å²) in [6, 6.07) is 0. The standard InChI is InChI=1S/C41H64O15S/c1-20-10-15-41(36(48)55-34-32(47)31(46)30(45)24(18-42)53-34)17-16-39(6)22(28(41)21(20)2)8-9-26-38(5)13-12-27(37(3,4)25(38)11-14-40(26,39)7)54-35-33(56-57(49,50)51)29(44)23(43)19-52-35/h8,20,23-35,42-47H,2,9-19H2,1,3-7H3,(H,49,50,51). The third-order valence-corrected chi connectivity index (χ3v) is 17.3. The summed E-state index contributed by atoms with van der Waals surface area (Å²) in [5, 5.41) is 62.1. The van der Waals surface area contributed by atoms with E-state index in [1.807, 2.05) is 0 Å². The van der Waals surface area contributed by atoms with Crippen molar-refractivity contribution in [2.45, 2.75) is 161 Å². The second-order valence-corrected chi connectivity index (χ2v) is 20.8. The van der Waals surface area contributed by atoms with Crippen LogP contribution in [0.15, 0.2) is 23.8 Å². The number of fused-ring (bicyclic) bond motifs is 7. The van der Waals surface area contributed by atoms with Crippen molar-refractivity contribution in [1.82, 2.24) is 0 Å². The van der Waals surface area contributed by atoms with E-state index in [0.717, 1.165) is 37.7 Å². The first kappa shape index (κ1) is 43.5. The minimum atomic E-state index is -5.00. The highest BCUT2D eigenvalue weighted by molar-refractivity contribution is 7.80. The van der Waals surface area contributed by atoms with Crippen molar-refractivity contribution in [3.8, 4) is 0 Å². The summed E-state index contributed by atoms with van der Waals surface area (Å²) < 4.78 is 61.3. The summed E-state index contributed by atoms with van der Waals surface area (Å²) in [6.45, 7) is 17.3. The quantitative estimate of drug-likeness (QED) is 0.0845. The van der Waals surface area contributed by atoms with Gasteiger partial charge in [0.1, 0.15) is 36.6 Å². The first-order valence-electron chi connectivity index (χ1n) is 20.7. The molecule has 0 bridgehead atoms. The van der Waals surface area contributed by atoms with E-state index in [2.05, 4.69) is 54.2 Å².